The fraction of sp³-hybridized carbons (Fsp3) is 1.00. The van der Waals surface area contributed by atoms with E-state index < -0.39 is 5.79 Å². The van der Waals surface area contributed by atoms with Crippen LogP contribution in [0.5, 0.6) is 0 Å². The lowest BCUT2D eigenvalue weighted by atomic mass is 9.89. The van der Waals surface area contributed by atoms with E-state index >= 15 is 0 Å². The standard InChI is InChI=1S/C14H20O3/c1-14(2)16-7-3-5-9-6(4-8(7)17-14)11-10(5)12(11)13(9)15/h5-13,15H,3-4H2,1-2H3/t5?,6?,7-,8+,9?,10?,11?,12?,13?. The van der Waals surface area contributed by atoms with Gasteiger partial charge in [0.2, 0.25) is 0 Å². The van der Waals surface area contributed by atoms with Gasteiger partial charge in [0.15, 0.2) is 5.79 Å². The number of ether oxygens (including phenoxy) is 2. The Morgan fingerprint density at radius 2 is 1.41 bits per heavy atom. The number of rotatable bonds is 0. The topological polar surface area (TPSA) is 38.7 Å². The van der Waals surface area contributed by atoms with Crippen LogP contribution in [0, 0.1) is 35.5 Å². The maximum absolute atomic E-state index is 10.3. The number of hydrogen-bond donors (Lipinski definition) is 1. The van der Waals surface area contributed by atoms with Crippen molar-refractivity contribution in [3.63, 3.8) is 0 Å². The zero-order chi connectivity index (χ0) is 11.5. The summed E-state index contributed by atoms with van der Waals surface area (Å²) in [5.41, 5.74) is 0. The highest BCUT2D eigenvalue weighted by atomic mass is 16.7. The molecule has 0 amide bonds. The van der Waals surface area contributed by atoms with Gasteiger partial charge in [-0.15, -0.1) is 0 Å². The van der Waals surface area contributed by atoms with E-state index in [2.05, 4.69) is 0 Å². The fourth-order valence-corrected chi connectivity index (χ4v) is 6.05. The monoisotopic (exact) mass is 236 g/mol. The molecule has 6 aliphatic rings. The van der Waals surface area contributed by atoms with Crippen LogP contribution in [0.4, 0.5) is 0 Å². The van der Waals surface area contributed by atoms with E-state index in [-0.39, 0.29) is 18.3 Å². The van der Waals surface area contributed by atoms with Crippen molar-refractivity contribution in [3.8, 4) is 0 Å². The van der Waals surface area contributed by atoms with Crippen molar-refractivity contribution >= 4 is 0 Å². The van der Waals surface area contributed by atoms with Crippen molar-refractivity contribution in [1.29, 1.82) is 0 Å². The highest BCUT2D eigenvalue weighted by molar-refractivity contribution is 5.26. The smallest absolute Gasteiger partial charge is 0.163 e. The maximum atomic E-state index is 10.3. The second kappa shape index (κ2) is 2.59. The Balaban J connectivity index is 1.50. The van der Waals surface area contributed by atoms with Gasteiger partial charge in [0.25, 0.3) is 0 Å². The Kier molecular flexibility index (Phi) is 1.48. The summed E-state index contributed by atoms with van der Waals surface area (Å²) in [5.74, 6) is 3.99. The van der Waals surface area contributed by atoms with Crippen LogP contribution in [0.25, 0.3) is 0 Å². The van der Waals surface area contributed by atoms with Gasteiger partial charge in [-0.05, 0) is 62.2 Å². The van der Waals surface area contributed by atoms with Crippen molar-refractivity contribution in [2.24, 2.45) is 35.5 Å². The number of aliphatic hydroxyl groups is 1. The summed E-state index contributed by atoms with van der Waals surface area (Å²) in [7, 11) is 0. The van der Waals surface area contributed by atoms with E-state index in [1.165, 1.54) is 0 Å². The van der Waals surface area contributed by atoms with Gasteiger partial charge in [0, 0.05) is 0 Å². The summed E-state index contributed by atoms with van der Waals surface area (Å²) in [6, 6.07) is 0. The number of aliphatic hydroxyl groups excluding tert-OH is 1. The molecule has 1 N–H and O–H groups in total. The molecule has 5 aliphatic carbocycles. The first-order chi connectivity index (χ1) is 8.07. The second-order valence-electron chi connectivity index (χ2n) is 7.31. The van der Waals surface area contributed by atoms with Gasteiger partial charge in [-0.1, -0.05) is 0 Å². The normalized spacial score (nSPS) is 69.0. The summed E-state index contributed by atoms with van der Waals surface area (Å²) in [5, 5.41) is 10.3. The summed E-state index contributed by atoms with van der Waals surface area (Å²) >= 11 is 0. The molecular formula is C14H20O3. The van der Waals surface area contributed by atoms with Crippen molar-refractivity contribution < 1.29 is 14.6 Å². The minimum atomic E-state index is -0.391. The molecule has 3 heteroatoms. The van der Waals surface area contributed by atoms with E-state index in [0.717, 1.165) is 36.5 Å². The Hall–Kier alpha value is -0.120. The van der Waals surface area contributed by atoms with E-state index in [4.69, 9.17) is 9.47 Å². The van der Waals surface area contributed by atoms with Gasteiger partial charge in [0.1, 0.15) is 0 Å². The molecule has 5 saturated carbocycles. The lowest BCUT2D eigenvalue weighted by Gasteiger charge is -2.22. The van der Waals surface area contributed by atoms with E-state index in [1.807, 2.05) is 13.8 Å². The first-order valence-electron chi connectivity index (χ1n) is 7.10. The fourth-order valence-electron chi connectivity index (χ4n) is 6.05. The third kappa shape index (κ3) is 0.980. The molecule has 0 spiro atoms. The average Bonchev–Trinajstić information content (AvgIpc) is 2.59. The minimum Gasteiger partial charge on any atom is -0.393 e. The molecule has 0 aromatic rings. The molecule has 7 unspecified atom stereocenters. The van der Waals surface area contributed by atoms with Crippen LogP contribution in [-0.4, -0.2) is 29.2 Å². The summed E-state index contributed by atoms with van der Waals surface area (Å²) in [6.07, 6.45) is 2.84. The molecule has 6 fully saturated rings. The maximum Gasteiger partial charge on any atom is 0.163 e. The van der Waals surface area contributed by atoms with Crippen LogP contribution in [-0.2, 0) is 9.47 Å². The van der Waals surface area contributed by atoms with Gasteiger partial charge in [0.05, 0.1) is 18.3 Å². The van der Waals surface area contributed by atoms with Crippen molar-refractivity contribution in [1.82, 2.24) is 0 Å². The molecular weight excluding hydrogens is 216 g/mol. The first-order valence-corrected chi connectivity index (χ1v) is 7.10. The van der Waals surface area contributed by atoms with E-state index in [9.17, 15) is 5.11 Å². The van der Waals surface area contributed by atoms with Gasteiger partial charge in [-0.2, -0.15) is 0 Å². The molecule has 0 aromatic carbocycles. The molecule has 9 atom stereocenters. The van der Waals surface area contributed by atoms with Crippen LogP contribution in [0.3, 0.4) is 0 Å². The Labute approximate surface area is 101 Å². The Bertz CT molecular complexity index is 363. The van der Waals surface area contributed by atoms with Gasteiger partial charge >= 0.3 is 0 Å². The number of hydrogen-bond acceptors (Lipinski definition) is 3. The predicted octanol–water partition coefficient (Wildman–Crippen LogP) is 1.40. The quantitative estimate of drug-likeness (QED) is 0.691. The highest BCUT2D eigenvalue weighted by Gasteiger charge is 2.78. The molecule has 6 rings (SSSR count). The highest BCUT2D eigenvalue weighted by Crippen LogP contribution is 2.78. The SMILES string of the molecule is CC1(C)O[C@H]2CC3C4C(O)C5C3C5C4C[C@H]2O1. The largest absolute Gasteiger partial charge is 0.393 e. The lowest BCUT2D eigenvalue weighted by Crippen LogP contribution is -2.25. The van der Waals surface area contributed by atoms with Crippen LogP contribution in [0.1, 0.15) is 26.7 Å². The molecule has 3 nitrogen and oxygen atoms in total. The predicted molar refractivity (Wildman–Crippen MR) is 60.0 cm³/mol. The third-order valence-electron chi connectivity index (χ3n) is 6.25. The summed E-state index contributed by atoms with van der Waals surface area (Å²) in [6.45, 7) is 4.05. The van der Waals surface area contributed by atoms with Crippen molar-refractivity contribution in [2.75, 3.05) is 0 Å². The second-order valence-corrected chi connectivity index (χ2v) is 7.31. The molecule has 6 bridgehead atoms. The van der Waals surface area contributed by atoms with Crippen molar-refractivity contribution in [3.05, 3.63) is 0 Å². The van der Waals surface area contributed by atoms with Crippen LogP contribution in [0.2, 0.25) is 0 Å². The van der Waals surface area contributed by atoms with Crippen LogP contribution >= 0.6 is 0 Å². The van der Waals surface area contributed by atoms with E-state index in [1.54, 1.807) is 0 Å². The molecule has 0 aromatic heterocycles. The molecule has 1 aliphatic heterocycles. The van der Waals surface area contributed by atoms with Gasteiger partial charge < -0.3 is 14.6 Å². The molecule has 94 valence electrons. The lowest BCUT2D eigenvalue weighted by molar-refractivity contribution is -0.150. The Morgan fingerprint density at radius 1 is 0.882 bits per heavy atom. The summed E-state index contributed by atoms with van der Waals surface area (Å²) < 4.78 is 12.1. The molecule has 1 saturated heterocycles. The zero-order valence-corrected chi connectivity index (χ0v) is 10.4. The van der Waals surface area contributed by atoms with Crippen LogP contribution in [0.15, 0.2) is 0 Å². The van der Waals surface area contributed by atoms with Crippen LogP contribution < -0.4 is 0 Å². The average molecular weight is 236 g/mol. The van der Waals surface area contributed by atoms with E-state index in [0.29, 0.717) is 11.8 Å². The Morgan fingerprint density at radius 3 is 1.88 bits per heavy atom. The van der Waals surface area contributed by atoms with Gasteiger partial charge in [-0.25, -0.2) is 0 Å². The van der Waals surface area contributed by atoms with Gasteiger partial charge in [-0.3, -0.25) is 0 Å². The third-order valence-corrected chi connectivity index (χ3v) is 6.25. The molecule has 0 radical (unpaired) electrons. The minimum absolute atomic E-state index is 0.00633. The molecule has 17 heavy (non-hydrogen) atoms. The van der Waals surface area contributed by atoms with Crippen molar-refractivity contribution in [2.45, 2.75) is 50.8 Å². The first kappa shape index (κ1) is 9.76. The zero-order valence-electron chi connectivity index (χ0n) is 10.4. The summed E-state index contributed by atoms with van der Waals surface area (Å²) in [4.78, 5) is 0. The molecule has 1 heterocycles. The number of fused-ring (bicyclic) bond motifs is 1.